The van der Waals surface area contributed by atoms with Crippen molar-refractivity contribution in [3.05, 3.63) is 28.2 Å². The van der Waals surface area contributed by atoms with E-state index in [2.05, 4.69) is 36.7 Å². The number of hydrogen-bond donors (Lipinski definition) is 1. The fourth-order valence-electron chi connectivity index (χ4n) is 1.26. The summed E-state index contributed by atoms with van der Waals surface area (Å²) in [5, 5.41) is 9.05. The van der Waals surface area contributed by atoms with Crippen LogP contribution in [-0.2, 0) is 0 Å². The van der Waals surface area contributed by atoms with Crippen LogP contribution in [0.2, 0.25) is 0 Å². The van der Waals surface area contributed by atoms with Crippen molar-refractivity contribution >= 4 is 21.9 Å². The highest BCUT2D eigenvalue weighted by atomic mass is 79.9. The lowest BCUT2D eigenvalue weighted by molar-refractivity contribution is 0.0691. The second kappa shape index (κ2) is 5.54. The minimum atomic E-state index is -0.975. The highest BCUT2D eigenvalue weighted by Gasteiger charge is 2.14. The van der Waals surface area contributed by atoms with Crippen molar-refractivity contribution in [2.24, 2.45) is 5.41 Å². The molecule has 0 bridgehead atoms. The molecule has 0 aliphatic rings. The second-order valence-electron chi connectivity index (χ2n) is 5.10. The molecule has 94 valence electrons. The minimum absolute atomic E-state index is 0.179. The first-order valence-corrected chi connectivity index (χ1v) is 6.24. The van der Waals surface area contributed by atoms with E-state index in [-0.39, 0.29) is 11.0 Å². The molecule has 1 aromatic carbocycles. The summed E-state index contributed by atoms with van der Waals surface area (Å²) in [6.07, 6.45) is 0.877. The molecule has 0 fully saturated rings. The number of carboxylic acid groups (broad SMARTS) is 1. The van der Waals surface area contributed by atoms with Crippen LogP contribution in [0, 0.1) is 5.41 Å². The Morgan fingerprint density at radius 1 is 1.41 bits per heavy atom. The minimum Gasteiger partial charge on any atom is -0.493 e. The molecule has 0 heterocycles. The van der Waals surface area contributed by atoms with Crippen LogP contribution in [0.4, 0.5) is 0 Å². The van der Waals surface area contributed by atoms with E-state index in [1.807, 2.05) is 0 Å². The predicted molar refractivity (Wildman–Crippen MR) is 70.7 cm³/mol. The van der Waals surface area contributed by atoms with Gasteiger partial charge >= 0.3 is 5.97 Å². The number of ether oxygens (including phenoxy) is 1. The molecule has 0 unspecified atom stereocenters. The molecule has 1 aromatic rings. The van der Waals surface area contributed by atoms with Crippen molar-refractivity contribution in [3.63, 3.8) is 0 Å². The third kappa shape index (κ3) is 4.77. The highest BCUT2D eigenvalue weighted by Crippen LogP contribution is 2.25. The number of aromatic carboxylic acids is 1. The van der Waals surface area contributed by atoms with Gasteiger partial charge < -0.3 is 9.84 Å². The molecule has 1 rings (SSSR count). The zero-order chi connectivity index (χ0) is 13.1. The molecule has 0 saturated heterocycles. The van der Waals surface area contributed by atoms with Crippen molar-refractivity contribution in [1.29, 1.82) is 0 Å². The summed E-state index contributed by atoms with van der Waals surface area (Å²) in [5.74, 6) is -0.554. The predicted octanol–water partition coefficient (Wildman–Crippen LogP) is 3.96. The molecule has 0 amide bonds. The standard InChI is InChI=1S/C13H17BrO3/c1-13(2,3)6-7-17-11-5-4-9(14)8-10(11)12(15)16/h4-5,8H,6-7H2,1-3H3,(H,15,16). The first kappa shape index (κ1) is 14.0. The monoisotopic (exact) mass is 300 g/mol. The van der Waals surface area contributed by atoms with Crippen molar-refractivity contribution < 1.29 is 14.6 Å². The van der Waals surface area contributed by atoms with E-state index in [9.17, 15) is 4.79 Å². The summed E-state index contributed by atoms with van der Waals surface area (Å²) < 4.78 is 6.26. The van der Waals surface area contributed by atoms with Crippen LogP contribution in [0.25, 0.3) is 0 Å². The van der Waals surface area contributed by atoms with Crippen LogP contribution in [0.3, 0.4) is 0 Å². The van der Waals surface area contributed by atoms with Gasteiger partial charge in [0.05, 0.1) is 6.61 Å². The highest BCUT2D eigenvalue weighted by molar-refractivity contribution is 9.10. The van der Waals surface area contributed by atoms with Crippen molar-refractivity contribution in [2.45, 2.75) is 27.2 Å². The van der Waals surface area contributed by atoms with Crippen LogP contribution >= 0.6 is 15.9 Å². The Bertz CT molecular complexity index is 408. The van der Waals surface area contributed by atoms with Crippen LogP contribution in [0.5, 0.6) is 5.75 Å². The Balaban J connectivity index is 2.74. The Morgan fingerprint density at radius 3 is 2.59 bits per heavy atom. The first-order valence-electron chi connectivity index (χ1n) is 5.45. The van der Waals surface area contributed by atoms with E-state index in [1.54, 1.807) is 18.2 Å². The number of hydrogen-bond acceptors (Lipinski definition) is 2. The summed E-state index contributed by atoms with van der Waals surface area (Å²) in [6.45, 7) is 6.88. The van der Waals surface area contributed by atoms with E-state index >= 15 is 0 Å². The number of halogens is 1. The van der Waals surface area contributed by atoms with Gasteiger partial charge in [-0.25, -0.2) is 4.79 Å². The fraction of sp³-hybridized carbons (Fsp3) is 0.462. The third-order valence-corrected chi connectivity index (χ3v) is 2.77. The van der Waals surface area contributed by atoms with Crippen LogP contribution in [0.1, 0.15) is 37.6 Å². The Hall–Kier alpha value is -1.03. The molecule has 4 heteroatoms. The van der Waals surface area contributed by atoms with E-state index in [4.69, 9.17) is 9.84 Å². The maximum Gasteiger partial charge on any atom is 0.339 e. The van der Waals surface area contributed by atoms with Gasteiger partial charge in [-0.15, -0.1) is 0 Å². The maximum atomic E-state index is 11.0. The average Bonchev–Trinajstić information content (AvgIpc) is 2.18. The van der Waals surface area contributed by atoms with Gasteiger partial charge in [-0.2, -0.15) is 0 Å². The van der Waals surface area contributed by atoms with Crippen LogP contribution in [0.15, 0.2) is 22.7 Å². The third-order valence-electron chi connectivity index (χ3n) is 2.28. The number of benzene rings is 1. The van der Waals surface area contributed by atoms with Crippen LogP contribution in [-0.4, -0.2) is 17.7 Å². The summed E-state index contributed by atoms with van der Waals surface area (Å²) in [5.41, 5.74) is 0.368. The van der Waals surface area contributed by atoms with Crippen molar-refractivity contribution in [1.82, 2.24) is 0 Å². The van der Waals surface area contributed by atoms with Gasteiger partial charge in [-0.1, -0.05) is 36.7 Å². The fourth-order valence-corrected chi connectivity index (χ4v) is 1.62. The summed E-state index contributed by atoms with van der Waals surface area (Å²) in [4.78, 5) is 11.0. The average molecular weight is 301 g/mol. The van der Waals surface area contributed by atoms with E-state index in [0.717, 1.165) is 10.9 Å². The SMILES string of the molecule is CC(C)(C)CCOc1ccc(Br)cc1C(=O)O. The topological polar surface area (TPSA) is 46.5 Å². The van der Waals surface area contributed by atoms with Crippen molar-refractivity contribution in [2.75, 3.05) is 6.61 Å². The molecule has 0 aromatic heterocycles. The number of carboxylic acids is 1. The smallest absolute Gasteiger partial charge is 0.339 e. The van der Waals surface area contributed by atoms with Gasteiger partial charge in [-0.3, -0.25) is 0 Å². The quantitative estimate of drug-likeness (QED) is 0.915. The number of rotatable bonds is 4. The van der Waals surface area contributed by atoms with E-state index in [1.165, 1.54) is 0 Å². The molecule has 0 saturated carbocycles. The molecule has 0 aliphatic heterocycles. The zero-order valence-electron chi connectivity index (χ0n) is 10.3. The maximum absolute atomic E-state index is 11.0. The number of carbonyl (C=O) groups is 1. The molecule has 0 radical (unpaired) electrons. The molecule has 0 aliphatic carbocycles. The molecule has 0 atom stereocenters. The molecule has 17 heavy (non-hydrogen) atoms. The van der Waals surface area contributed by atoms with Crippen molar-refractivity contribution in [3.8, 4) is 5.75 Å². The van der Waals surface area contributed by atoms with Gasteiger partial charge in [0.2, 0.25) is 0 Å². The van der Waals surface area contributed by atoms with Crippen LogP contribution < -0.4 is 4.74 Å². The summed E-state index contributed by atoms with van der Waals surface area (Å²) in [6, 6.07) is 5.00. The first-order chi connectivity index (χ1) is 7.79. The molecular formula is C13H17BrO3. The van der Waals surface area contributed by atoms with Gasteiger partial charge in [0.15, 0.2) is 0 Å². The lowest BCUT2D eigenvalue weighted by Crippen LogP contribution is -2.12. The normalized spacial score (nSPS) is 11.3. The Kier molecular flexibility index (Phi) is 4.57. The van der Waals surface area contributed by atoms with Gasteiger partial charge in [-0.05, 0) is 30.0 Å². The van der Waals surface area contributed by atoms with E-state index < -0.39 is 5.97 Å². The molecular weight excluding hydrogens is 284 g/mol. The Morgan fingerprint density at radius 2 is 2.06 bits per heavy atom. The Labute approximate surface area is 110 Å². The molecule has 0 spiro atoms. The summed E-state index contributed by atoms with van der Waals surface area (Å²) >= 11 is 3.25. The lowest BCUT2D eigenvalue weighted by atomic mass is 9.93. The van der Waals surface area contributed by atoms with Gasteiger partial charge in [0.25, 0.3) is 0 Å². The largest absolute Gasteiger partial charge is 0.493 e. The molecule has 3 nitrogen and oxygen atoms in total. The van der Waals surface area contributed by atoms with Gasteiger partial charge in [0, 0.05) is 4.47 Å². The second-order valence-corrected chi connectivity index (χ2v) is 6.02. The summed E-state index contributed by atoms with van der Waals surface area (Å²) in [7, 11) is 0. The zero-order valence-corrected chi connectivity index (χ0v) is 11.9. The van der Waals surface area contributed by atoms with E-state index in [0.29, 0.717) is 12.4 Å². The molecule has 1 N–H and O–H groups in total. The van der Waals surface area contributed by atoms with Gasteiger partial charge in [0.1, 0.15) is 11.3 Å². The lowest BCUT2D eigenvalue weighted by Gasteiger charge is -2.18.